The highest BCUT2D eigenvalue weighted by atomic mass is 14.7. The van der Waals surface area contributed by atoms with Crippen LogP contribution >= 0.6 is 0 Å². The molecule has 2 aliphatic rings. The largest absolute Gasteiger partial charge is 0.253 e. The number of rotatable bonds is 2. The summed E-state index contributed by atoms with van der Waals surface area (Å²) >= 11 is 0. The molecule has 0 radical (unpaired) electrons. The van der Waals surface area contributed by atoms with Crippen LogP contribution in [-0.4, -0.2) is 4.98 Å². The SMILES string of the molecule is CC.CCc1cc(C)nc2ccc(C34CC(C)CCC3C4C)cc12. The molecule has 0 spiro atoms. The van der Waals surface area contributed by atoms with Gasteiger partial charge in [0.15, 0.2) is 0 Å². The number of aryl methyl sites for hydroxylation is 2. The summed E-state index contributed by atoms with van der Waals surface area (Å²) in [7, 11) is 0. The van der Waals surface area contributed by atoms with E-state index in [1.807, 2.05) is 13.8 Å². The van der Waals surface area contributed by atoms with Crippen LogP contribution in [0.1, 0.15) is 70.7 Å². The molecular weight excluding hydrogens is 290 g/mol. The van der Waals surface area contributed by atoms with Gasteiger partial charge in [-0.05, 0) is 73.3 Å². The first-order valence-corrected chi connectivity index (χ1v) is 9.97. The van der Waals surface area contributed by atoms with Crippen LogP contribution in [0.15, 0.2) is 24.3 Å². The third-order valence-electron chi connectivity index (χ3n) is 6.57. The molecule has 1 nitrogen and oxygen atoms in total. The van der Waals surface area contributed by atoms with Crippen molar-refractivity contribution in [2.24, 2.45) is 17.8 Å². The molecule has 1 heterocycles. The average molecular weight is 324 g/mol. The summed E-state index contributed by atoms with van der Waals surface area (Å²) in [4.78, 5) is 4.74. The molecule has 2 aliphatic carbocycles. The van der Waals surface area contributed by atoms with Gasteiger partial charge in [0, 0.05) is 16.5 Å². The highest BCUT2D eigenvalue weighted by Gasteiger charge is 2.63. The van der Waals surface area contributed by atoms with E-state index >= 15 is 0 Å². The van der Waals surface area contributed by atoms with E-state index in [4.69, 9.17) is 4.98 Å². The molecule has 4 atom stereocenters. The quantitative estimate of drug-likeness (QED) is 0.618. The van der Waals surface area contributed by atoms with Crippen LogP contribution in [0.25, 0.3) is 10.9 Å². The van der Waals surface area contributed by atoms with Gasteiger partial charge in [-0.1, -0.05) is 47.1 Å². The maximum absolute atomic E-state index is 4.74. The minimum atomic E-state index is 0.474. The van der Waals surface area contributed by atoms with Crippen molar-refractivity contribution in [2.75, 3.05) is 0 Å². The lowest BCUT2D eigenvalue weighted by Crippen LogP contribution is -2.20. The Hall–Kier alpha value is -1.37. The van der Waals surface area contributed by atoms with E-state index < -0.39 is 0 Å². The van der Waals surface area contributed by atoms with E-state index in [0.29, 0.717) is 5.41 Å². The van der Waals surface area contributed by atoms with Crippen LogP contribution in [-0.2, 0) is 11.8 Å². The Morgan fingerprint density at radius 2 is 1.88 bits per heavy atom. The summed E-state index contributed by atoms with van der Waals surface area (Å²) < 4.78 is 0. The van der Waals surface area contributed by atoms with Gasteiger partial charge in [0.1, 0.15) is 0 Å². The Morgan fingerprint density at radius 3 is 2.58 bits per heavy atom. The lowest BCUT2D eigenvalue weighted by Gasteiger charge is -2.28. The monoisotopic (exact) mass is 323 g/mol. The van der Waals surface area contributed by atoms with Gasteiger partial charge in [-0.25, -0.2) is 0 Å². The number of hydrogen-bond acceptors (Lipinski definition) is 1. The molecule has 2 fully saturated rings. The van der Waals surface area contributed by atoms with E-state index in [1.54, 1.807) is 5.56 Å². The van der Waals surface area contributed by atoms with Crippen LogP contribution < -0.4 is 0 Å². The summed E-state index contributed by atoms with van der Waals surface area (Å²) in [6.07, 6.45) is 5.31. The minimum Gasteiger partial charge on any atom is -0.253 e. The van der Waals surface area contributed by atoms with Gasteiger partial charge in [0.25, 0.3) is 0 Å². The number of benzene rings is 1. The van der Waals surface area contributed by atoms with E-state index in [2.05, 4.69) is 52.0 Å². The molecule has 1 aromatic carbocycles. The highest BCUT2D eigenvalue weighted by molar-refractivity contribution is 5.83. The van der Waals surface area contributed by atoms with Gasteiger partial charge in [-0.3, -0.25) is 4.98 Å². The number of fused-ring (bicyclic) bond motifs is 2. The van der Waals surface area contributed by atoms with Crippen molar-refractivity contribution < 1.29 is 0 Å². The highest BCUT2D eigenvalue weighted by Crippen LogP contribution is 2.67. The summed E-state index contributed by atoms with van der Waals surface area (Å²) in [5.41, 5.74) is 5.82. The fourth-order valence-corrected chi connectivity index (χ4v) is 5.33. The van der Waals surface area contributed by atoms with Crippen molar-refractivity contribution in [1.29, 1.82) is 0 Å². The minimum absolute atomic E-state index is 0.474. The summed E-state index contributed by atoms with van der Waals surface area (Å²) in [5.74, 6) is 2.65. The van der Waals surface area contributed by atoms with Gasteiger partial charge in [0.2, 0.25) is 0 Å². The van der Waals surface area contributed by atoms with Crippen LogP contribution in [0.3, 0.4) is 0 Å². The fourth-order valence-electron chi connectivity index (χ4n) is 5.33. The zero-order valence-corrected chi connectivity index (χ0v) is 16.3. The summed E-state index contributed by atoms with van der Waals surface area (Å²) in [6.45, 7) is 13.3. The van der Waals surface area contributed by atoms with Gasteiger partial charge < -0.3 is 0 Å². The number of aromatic nitrogens is 1. The third-order valence-corrected chi connectivity index (χ3v) is 6.57. The molecule has 2 aromatic rings. The Bertz CT molecular complexity index is 732. The van der Waals surface area contributed by atoms with Gasteiger partial charge in [-0.15, -0.1) is 0 Å². The predicted molar refractivity (Wildman–Crippen MR) is 105 cm³/mol. The molecule has 2 saturated carbocycles. The normalized spacial score (nSPS) is 31.2. The molecule has 1 heteroatoms. The molecule has 4 rings (SSSR count). The van der Waals surface area contributed by atoms with Gasteiger partial charge in [-0.2, -0.15) is 0 Å². The molecule has 4 unspecified atom stereocenters. The molecule has 0 saturated heterocycles. The topological polar surface area (TPSA) is 12.9 Å². The molecule has 1 aromatic heterocycles. The molecule has 0 amide bonds. The first-order chi connectivity index (χ1) is 11.6. The second-order valence-electron chi connectivity index (χ2n) is 7.83. The molecule has 130 valence electrons. The smallest absolute Gasteiger partial charge is 0.0708 e. The first kappa shape index (κ1) is 17.5. The molecule has 0 bridgehead atoms. The summed E-state index contributed by atoms with van der Waals surface area (Å²) in [5, 5.41) is 1.39. The molecule has 0 N–H and O–H groups in total. The van der Waals surface area contributed by atoms with E-state index in [9.17, 15) is 0 Å². The number of nitrogens with zero attached hydrogens (tertiary/aromatic N) is 1. The maximum atomic E-state index is 4.74. The van der Waals surface area contributed by atoms with E-state index in [1.165, 1.54) is 35.7 Å². The predicted octanol–water partition coefficient (Wildman–Crippen LogP) is 6.46. The third kappa shape index (κ3) is 2.57. The molecule has 0 aliphatic heterocycles. The van der Waals surface area contributed by atoms with Gasteiger partial charge in [0.05, 0.1) is 5.52 Å². The van der Waals surface area contributed by atoms with Gasteiger partial charge >= 0.3 is 0 Å². The zero-order chi connectivity index (χ0) is 17.5. The molecular formula is C23H33N. The lowest BCUT2D eigenvalue weighted by molar-refractivity contribution is 0.331. The number of hydrogen-bond donors (Lipinski definition) is 0. The fraction of sp³-hybridized carbons (Fsp3) is 0.609. The van der Waals surface area contributed by atoms with Crippen molar-refractivity contribution >= 4 is 10.9 Å². The Balaban J connectivity index is 0.000000815. The van der Waals surface area contributed by atoms with E-state index in [-0.39, 0.29) is 0 Å². The number of pyridine rings is 1. The average Bonchev–Trinajstić information content (AvgIpc) is 3.20. The van der Waals surface area contributed by atoms with E-state index in [0.717, 1.165) is 29.9 Å². The van der Waals surface area contributed by atoms with Crippen molar-refractivity contribution in [2.45, 2.75) is 72.6 Å². The molecule has 24 heavy (non-hydrogen) atoms. The van der Waals surface area contributed by atoms with Crippen molar-refractivity contribution in [1.82, 2.24) is 4.98 Å². The van der Waals surface area contributed by atoms with Crippen molar-refractivity contribution in [3.8, 4) is 0 Å². The Kier molecular flexibility index (Phi) is 4.73. The maximum Gasteiger partial charge on any atom is 0.0708 e. The van der Waals surface area contributed by atoms with Crippen molar-refractivity contribution in [3.05, 3.63) is 41.1 Å². The second-order valence-corrected chi connectivity index (χ2v) is 7.83. The van der Waals surface area contributed by atoms with Crippen LogP contribution in [0.4, 0.5) is 0 Å². The standard InChI is InChI=1S/C21H27N.C2H6/c1-5-16-10-14(3)22-20-9-7-17(11-18(16)20)21-12-13(2)6-8-19(21)15(21)4;1-2/h7,9-11,13,15,19H,5-6,8,12H2,1-4H3;1-2H3. The first-order valence-electron chi connectivity index (χ1n) is 9.97. The van der Waals surface area contributed by atoms with Crippen LogP contribution in [0, 0.1) is 24.7 Å². The van der Waals surface area contributed by atoms with Crippen molar-refractivity contribution in [3.63, 3.8) is 0 Å². The van der Waals surface area contributed by atoms with Crippen LogP contribution in [0.5, 0.6) is 0 Å². The van der Waals surface area contributed by atoms with Crippen LogP contribution in [0.2, 0.25) is 0 Å². The second kappa shape index (κ2) is 6.50. The Labute approximate surface area is 147 Å². The Morgan fingerprint density at radius 1 is 1.12 bits per heavy atom. The lowest BCUT2D eigenvalue weighted by atomic mass is 9.77. The zero-order valence-electron chi connectivity index (χ0n) is 16.3. The summed E-state index contributed by atoms with van der Waals surface area (Å²) in [6, 6.07) is 9.39.